The number of carbonyl (C=O) groups is 1. The van der Waals surface area contributed by atoms with E-state index in [1.54, 1.807) is 14.0 Å². The molecular formula is C21H23F5N6O2. The molecule has 1 amide bonds. The molecule has 2 aromatic heterocycles. The van der Waals surface area contributed by atoms with Crippen molar-refractivity contribution in [2.45, 2.75) is 38.4 Å². The Morgan fingerprint density at radius 3 is 2.59 bits per heavy atom. The van der Waals surface area contributed by atoms with Gasteiger partial charge in [0.2, 0.25) is 0 Å². The number of rotatable bonds is 6. The van der Waals surface area contributed by atoms with Crippen LogP contribution in [0.3, 0.4) is 0 Å². The summed E-state index contributed by atoms with van der Waals surface area (Å²) in [7, 11) is 1.57. The molecule has 0 bridgehead atoms. The van der Waals surface area contributed by atoms with Crippen LogP contribution in [0.4, 0.5) is 22.0 Å². The molecule has 8 nitrogen and oxygen atoms in total. The van der Waals surface area contributed by atoms with E-state index in [-0.39, 0.29) is 29.6 Å². The Balaban J connectivity index is 1.86. The zero-order valence-electron chi connectivity index (χ0n) is 18.7. The smallest absolute Gasteiger partial charge is 0.419 e. The number of likely N-dealkylation sites (tertiary alicyclic amines) is 1. The van der Waals surface area contributed by atoms with Crippen molar-refractivity contribution in [1.82, 2.24) is 24.6 Å². The summed E-state index contributed by atoms with van der Waals surface area (Å²) in [5.41, 5.74) is -0.627. The predicted molar refractivity (Wildman–Crippen MR) is 112 cm³/mol. The molecular weight excluding hydrogens is 463 g/mol. The fraction of sp³-hybridized carbons (Fsp3) is 0.476. The molecule has 1 fully saturated rings. The molecule has 0 spiro atoms. The second-order valence-corrected chi connectivity index (χ2v) is 8.00. The number of carbonyl (C=O) groups excluding carboxylic acids is 1. The van der Waals surface area contributed by atoms with E-state index >= 15 is 0 Å². The van der Waals surface area contributed by atoms with Gasteiger partial charge in [-0.05, 0) is 12.8 Å². The van der Waals surface area contributed by atoms with Crippen molar-refractivity contribution in [3.8, 4) is 6.01 Å². The first-order valence-corrected chi connectivity index (χ1v) is 10.2. The SMILES string of the molecule is C=C(N=CC)c1cn(C)nc1C(=O)N1CC(F)(F)C[C@@H](C)C1COc1ncc(C(F)(F)F)cn1. The Morgan fingerprint density at radius 2 is 2.00 bits per heavy atom. The van der Waals surface area contributed by atoms with Crippen LogP contribution in [0.5, 0.6) is 6.01 Å². The number of hydrogen-bond acceptors (Lipinski definition) is 6. The van der Waals surface area contributed by atoms with Crippen molar-refractivity contribution in [2.75, 3.05) is 13.2 Å². The first-order chi connectivity index (χ1) is 15.8. The van der Waals surface area contributed by atoms with E-state index in [1.165, 1.54) is 24.0 Å². The lowest BCUT2D eigenvalue weighted by atomic mass is 9.88. The summed E-state index contributed by atoms with van der Waals surface area (Å²) in [5, 5.41) is 4.12. The summed E-state index contributed by atoms with van der Waals surface area (Å²) in [4.78, 5) is 25.4. The van der Waals surface area contributed by atoms with Crippen molar-refractivity contribution < 1.29 is 31.5 Å². The van der Waals surface area contributed by atoms with Crippen molar-refractivity contribution in [1.29, 1.82) is 0 Å². The highest BCUT2D eigenvalue weighted by Crippen LogP contribution is 2.36. The van der Waals surface area contributed by atoms with E-state index in [4.69, 9.17) is 4.74 Å². The quantitative estimate of drug-likeness (QED) is 0.457. The van der Waals surface area contributed by atoms with Crippen LogP contribution in [0, 0.1) is 5.92 Å². The van der Waals surface area contributed by atoms with Crippen molar-refractivity contribution in [2.24, 2.45) is 18.0 Å². The van der Waals surface area contributed by atoms with Gasteiger partial charge in [-0.1, -0.05) is 13.5 Å². The number of alkyl halides is 5. The van der Waals surface area contributed by atoms with Gasteiger partial charge in [-0.25, -0.2) is 18.7 Å². The molecule has 0 aromatic carbocycles. The molecule has 3 rings (SSSR count). The third-order valence-electron chi connectivity index (χ3n) is 5.31. The highest BCUT2D eigenvalue weighted by Gasteiger charge is 2.47. The molecule has 2 atom stereocenters. The fourth-order valence-electron chi connectivity index (χ4n) is 3.74. The molecule has 0 N–H and O–H groups in total. The van der Waals surface area contributed by atoms with E-state index in [9.17, 15) is 26.7 Å². The van der Waals surface area contributed by atoms with Crippen LogP contribution >= 0.6 is 0 Å². The lowest BCUT2D eigenvalue weighted by molar-refractivity contribution is -0.138. The second kappa shape index (κ2) is 9.47. The van der Waals surface area contributed by atoms with Crippen molar-refractivity contribution >= 4 is 17.8 Å². The Labute approximate surface area is 192 Å². The summed E-state index contributed by atoms with van der Waals surface area (Å²) >= 11 is 0. The van der Waals surface area contributed by atoms with E-state index in [1.807, 2.05) is 0 Å². The molecule has 0 aliphatic carbocycles. The first kappa shape index (κ1) is 25.2. The topological polar surface area (TPSA) is 85.5 Å². The van der Waals surface area contributed by atoms with Gasteiger partial charge >= 0.3 is 12.2 Å². The second-order valence-electron chi connectivity index (χ2n) is 8.00. The van der Waals surface area contributed by atoms with Gasteiger partial charge in [0.15, 0.2) is 5.69 Å². The van der Waals surface area contributed by atoms with E-state index in [0.717, 1.165) is 4.90 Å². The highest BCUT2D eigenvalue weighted by atomic mass is 19.4. The molecule has 1 aliphatic rings. The van der Waals surface area contributed by atoms with Gasteiger partial charge < -0.3 is 9.64 Å². The van der Waals surface area contributed by atoms with E-state index in [0.29, 0.717) is 12.4 Å². The normalized spacial score (nSPS) is 20.5. The van der Waals surface area contributed by atoms with Gasteiger partial charge in [-0.15, -0.1) is 0 Å². The average Bonchev–Trinajstić information content (AvgIpc) is 3.13. The van der Waals surface area contributed by atoms with Gasteiger partial charge in [0.25, 0.3) is 11.8 Å². The minimum Gasteiger partial charge on any atom is -0.461 e. The number of amides is 1. The number of aliphatic imine (C=N–C) groups is 1. The Bertz CT molecular complexity index is 1080. The van der Waals surface area contributed by atoms with Gasteiger partial charge in [-0.3, -0.25) is 14.5 Å². The molecule has 13 heteroatoms. The third kappa shape index (κ3) is 5.57. The number of piperidine rings is 1. The lowest BCUT2D eigenvalue weighted by Crippen LogP contribution is -2.57. The minimum absolute atomic E-state index is 0.0984. The number of nitrogens with zero attached hydrogens (tertiary/aromatic N) is 6. The maximum absolute atomic E-state index is 14.4. The van der Waals surface area contributed by atoms with Crippen LogP contribution < -0.4 is 4.74 Å². The summed E-state index contributed by atoms with van der Waals surface area (Å²) in [6.45, 7) is 5.80. The monoisotopic (exact) mass is 486 g/mol. The Kier molecular flexibility index (Phi) is 7.03. The van der Waals surface area contributed by atoms with Crippen molar-refractivity contribution in [3.63, 3.8) is 0 Å². The number of hydrogen-bond donors (Lipinski definition) is 0. The highest BCUT2D eigenvalue weighted by molar-refractivity contribution is 5.97. The standard InChI is InChI=1S/C21H23F5N6O2/c1-5-27-13(3)15-9-31(4)30-17(15)18(33)32-11-20(22,23)6-12(2)16(32)10-34-19-28-7-14(8-29-19)21(24,25)26/h5,7-9,12,16H,3,6,10-11H2,1-2,4H3/t12-,16?/m1/s1. The third-order valence-corrected chi connectivity index (χ3v) is 5.31. The van der Waals surface area contributed by atoms with Gasteiger partial charge in [0.1, 0.15) is 6.61 Å². The summed E-state index contributed by atoms with van der Waals surface area (Å²) in [6, 6.07) is -1.20. The number of aromatic nitrogens is 4. The van der Waals surface area contributed by atoms with Crippen LogP contribution in [0.15, 0.2) is 30.2 Å². The molecule has 1 aliphatic heterocycles. The Morgan fingerprint density at radius 1 is 1.35 bits per heavy atom. The summed E-state index contributed by atoms with van der Waals surface area (Å²) in [6.07, 6.45) is -1.01. The molecule has 184 valence electrons. The lowest BCUT2D eigenvalue weighted by Gasteiger charge is -2.42. The molecule has 2 aromatic rings. The predicted octanol–water partition coefficient (Wildman–Crippen LogP) is 3.86. The zero-order valence-corrected chi connectivity index (χ0v) is 18.7. The minimum atomic E-state index is -4.61. The Hall–Kier alpha value is -3.38. The number of ether oxygens (including phenoxy) is 1. The van der Waals surface area contributed by atoms with Crippen LogP contribution in [0.25, 0.3) is 5.70 Å². The van der Waals surface area contributed by atoms with Crippen LogP contribution in [0.2, 0.25) is 0 Å². The van der Waals surface area contributed by atoms with Crippen LogP contribution in [0.1, 0.15) is 41.9 Å². The molecule has 0 saturated carbocycles. The van der Waals surface area contributed by atoms with Crippen LogP contribution in [-0.4, -0.2) is 61.9 Å². The molecule has 1 saturated heterocycles. The van der Waals surface area contributed by atoms with Gasteiger partial charge in [0, 0.05) is 38.3 Å². The summed E-state index contributed by atoms with van der Waals surface area (Å²) in [5.74, 6) is -4.62. The van der Waals surface area contributed by atoms with Crippen LogP contribution in [-0.2, 0) is 13.2 Å². The molecule has 34 heavy (non-hydrogen) atoms. The largest absolute Gasteiger partial charge is 0.461 e. The van der Waals surface area contributed by atoms with Gasteiger partial charge in [0.05, 0.1) is 29.4 Å². The first-order valence-electron chi connectivity index (χ1n) is 10.2. The van der Waals surface area contributed by atoms with Gasteiger partial charge in [-0.2, -0.15) is 18.3 Å². The maximum atomic E-state index is 14.4. The number of aryl methyl sites for hydroxylation is 1. The number of halogens is 5. The molecule has 1 unspecified atom stereocenters. The maximum Gasteiger partial charge on any atom is 0.419 e. The van der Waals surface area contributed by atoms with Crippen molar-refractivity contribution in [3.05, 3.63) is 42.0 Å². The van der Waals surface area contributed by atoms with E-state index in [2.05, 4.69) is 26.6 Å². The fourth-order valence-corrected chi connectivity index (χ4v) is 3.74. The summed E-state index contributed by atoms with van der Waals surface area (Å²) < 4.78 is 73.7. The molecule has 3 heterocycles. The average molecular weight is 486 g/mol. The van der Waals surface area contributed by atoms with E-state index < -0.39 is 48.5 Å². The zero-order chi connectivity index (χ0) is 25.3. The molecule has 0 radical (unpaired) electrons.